The highest BCUT2D eigenvalue weighted by atomic mass is 32.2. The Morgan fingerprint density at radius 3 is 2.36 bits per heavy atom. The largest absolute Gasteiger partial charge is 0.480 e. The van der Waals surface area contributed by atoms with Gasteiger partial charge in [0.2, 0.25) is 17.7 Å². The van der Waals surface area contributed by atoms with Gasteiger partial charge in [-0.1, -0.05) is 18.2 Å². The smallest absolute Gasteiger partial charge is 0.326 e. The molecule has 0 aliphatic carbocycles. The molecule has 4 unspecified atom stereocenters. The maximum Gasteiger partial charge on any atom is 0.326 e. The number of carboxylic acid groups (broad SMARTS) is 1. The van der Waals surface area contributed by atoms with Gasteiger partial charge in [0.25, 0.3) is 0 Å². The number of nitrogens with one attached hydrogen (secondary N) is 5. The number of thioether (sulfide) groups is 1. The predicted molar refractivity (Wildman–Crippen MR) is 162 cm³/mol. The maximum absolute atomic E-state index is 13.5. The number of nitrogens with zero attached hydrogens (tertiary/aromatic N) is 1. The summed E-state index contributed by atoms with van der Waals surface area (Å²) in [6, 6.07) is 3.52. The Bertz CT molecular complexity index is 1310. The zero-order valence-electron chi connectivity index (χ0n) is 23.6. The van der Waals surface area contributed by atoms with Gasteiger partial charge < -0.3 is 42.5 Å². The summed E-state index contributed by atoms with van der Waals surface area (Å²) in [7, 11) is 0. The number of H-pyrrole nitrogens is 2. The summed E-state index contributed by atoms with van der Waals surface area (Å²) in [5, 5.41) is 18.5. The van der Waals surface area contributed by atoms with E-state index in [9.17, 15) is 24.3 Å². The summed E-state index contributed by atoms with van der Waals surface area (Å²) < 4.78 is 0. The molecule has 2 aromatic heterocycles. The molecule has 10 N–H and O–H groups in total. The number of aromatic nitrogens is 3. The molecule has 0 aliphatic rings. The number of unbranched alkanes of at least 4 members (excludes halogenated alkanes) is 1. The van der Waals surface area contributed by atoms with Crippen molar-refractivity contribution in [2.24, 2.45) is 11.5 Å². The van der Waals surface area contributed by atoms with Gasteiger partial charge in [-0.05, 0) is 62.3 Å². The van der Waals surface area contributed by atoms with Gasteiger partial charge >= 0.3 is 5.97 Å². The van der Waals surface area contributed by atoms with Crippen LogP contribution >= 0.6 is 11.8 Å². The van der Waals surface area contributed by atoms with Crippen LogP contribution in [0.1, 0.15) is 36.9 Å². The third-order valence-corrected chi connectivity index (χ3v) is 7.51. The highest BCUT2D eigenvalue weighted by Crippen LogP contribution is 2.19. The lowest BCUT2D eigenvalue weighted by Gasteiger charge is -2.25. The average molecular weight is 601 g/mol. The van der Waals surface area contributed by atoms with Crippen molar-refractivity contribution in [3.05, 3.63) is 54.2 Å². The first-order valence-electron chi connectivity index (χ1n) is 13.8. The van der Waals surface area contributed by atoms with Gasteiger partial charge in [0.1, 0.15) is 18.1 Å². The highest BCUT2D eigenvalue weighted by molar-refractivity contribution is 7.98. The van der Waals surface area contributed by atoms with Crippen LogP contribution in [-0.2, 0) is 32.0 Å². The standard InChI is InChI=1S/C28H40N8O5S/c1-42-11-9-23(28(40)41)35-26(38)22(8-4-5-10-29)34-27(39)24(13-18-15-31-16-33-18)36-25(37)20(30)12-17-14-32-21-7-3-2-6-19(17)21/h2-3,6-7,14-16,20,22-24,32H,4-5,8-13,29-30H2,1H3,(H,31,33)(H,34,39)(H,35,38)(H,36,37)(H,40,41). The first-order chi connectivity index (χ1) is 20.2. The van der Waals surface area contributed by atoms with E-state index in [2.05, 4.69) is 30.9 Å². The summed E-state index contributed by atoms with van der Waals surface area (Å²) in [6.45, 7) is 0.403. The van der Waals surface area contributed by atoms with Gasteiger partial charge in [0.05, 0.1) is 12.4 Å². The first-order valence-corrected chi connectivity index (χ1v) is 15.2. The van der Waals surface area contributed by atoms with E-state index in [1.165, 1.54) is 24.3 Å². The monoisotopic (exact) mass is 600 g/mol. The minimum absolute atomic E-state index is 0.0694. The normalized spacial score (nSPS) is 14.1. The van der Waals surface area contributed by atoms with Crippen LogP contribution in [0, 0.1) is 0 Å². The van der Waals surface area contributed by atoms with Crippen molar-refractivity contribution in [2.75, 3.05) is 18.6 Å². The second kappa shape index (κ2) is 16.5. The summed E-state index contributed by atoms with van der Waals surface area (Å²) in [5.41, 5.74) is 14.3. The van der Waals surface area contributed by atoms with Gasteiger partial charge in [0, 0.05) is 35.4 Å². The van der Waals surface area contributed by atoms with Crippen molar-refractivity contribution in [3.8, 4) is 0 Å². The number of hydrogen-bond donors (Lipinski definition) is 8. The number of benzene rings is 1. The number of rotatable bonds is 18. The number of imidazole rings is 1. The number of carboxylic acids is 1. The Morgan fingerprint density at radius 1 is 0.952 bits per heavy atom. The minimum atomic E-state index is -1.15. The average Bonchev–Trinajstić information content (AvgIpc) is 3.64. The van der Waals surface area contributed by atoms with E-state index in [0.29, 0.717) is 30.8 Å². The molecule has 13 nitrogen and oxygen atoms in total. The van der Waals surface area contributed by atoms with E-state index in [4.69, 9.17) is 11.5 Å². The molecule has 14 heteroatoms. The van der Waals surface area contributed by atoms with Crippen LogP contribution in [0.25, 0.3) is 10.9 Å². The number of carbonyl (C=O) groups excluding carboxylic acids is 3. The topological polar surface area (TPSA) is 221 Å². The Morgan fingerprint density at radius 2 is 1.67 bits per heavy atom. The fourth-order valence-corrected chi connectivity index (χ4v) is 5.01. The lowest BCUT2D eigenvalue weighted by Crippen LogP contribution is -2.57. The zero-order chi connectivity index (χ0) is 30.5. The molecule has 2 heterocycles. The first kappa shape index (κ1) is 32.6. The summed E-state index contributed by atoms with van der Waals surface area (Å²) >= 11 is 1.47. The Labute approximate surface area is 248 Å². The number of fused-ring (bicyclic) bond motifs is 1. The number of carbonyl (C=O) groups is 4. The van der Waals surface area contributed by atoms with Gasteiger partial charge in [-0.3, -0.25) is 14.4 Å². The third-order valence-electron chi connectivity index (χ3n) is 6.87. The number of aromatic amines is 2. The van der Waals surface area contributed by atoms with E-state index < -0.39 is 47.9 Å². The summed E-state index contributed by atoms with van der Waals surface area (Å²) in [4.78, 5) is 61.6. The van der Waals surface area contributed by atoms with E-state index in [1.54, 1.807) is 6.20 Å². The van der Waals surface area contributed by atoms with Crippen molar-refractivity contribution >= 4 is 46.4 Å². The molecule has 0 radical (unpaired) electrons. The third kappa shape index (κ3) is 9.60. The van der Waals surface area contributed by atoms with Crippen molar-refractivity contribution < 1.29 is 24.3 Å². The molecule has 0 saturated heterocycles. The van der Waals surface area contributed by atoms with E-state index in [0.717, 1.165) is 16.5 Å². The van der Waals surface area contributed by atoms with Crippen LogP contribution in [-0.4, -0.2) is 86.5 Å². The molecule has 1 aromatic carbocycles. The van der Waals surface area contributed by atoms with Crippen molar-refractivity contribution in [1.82, 2.24) is 30.9 Å². The molecule has 228 valence electrons. The number of hydrogen-bond acceptors (Lipinski definition) is 8. The number of nitrogens with two attached hydrogens (primary N) is 2. The Balaban J connectivity index is 1.73. The molecule has 42 heavy (non-hydrogen) atoms. The van der Waals surface area contributed by atoms with Crippen LogP contribution in [0.2, 0.25) is 0 Å². The number of para-hydroxylation sites is 1. The molecule has 0 spiro atoms. The second-order valence-electron chi connectivity index (χ2n) is 10.0. The lowest BCUT2D eigenvalue weighted by atomic mass is 10.0. The van der Waals surface area contributed by atoms with Gasteiger partial charge in [-0.25, -0.2) is 9.78 Å². The maximum atomic E-state index is 13.5. The number of amides is 3. The zero-order valence-corrected chi connectivity index (χ0v) is 24.4. The van der Waals surface area contributed by atoms with Crippen molar-refractivity contribution in [3.63, 3.8) is 0 Å². The quantitative estimate of drug-likeness (QED) is 0.0947. The molecule has 4 atom stereocenters. The number of aliphatic carboxylic acids is 1. The fourth-order valence-electron chi connectivity index (χ4n) is 4.53. The van der Waals surface area contributed by atoms with Gasteiger partial charge in [-0.2, -0.15) is 11.8 Å². The van der Waals surface area contributed by atoms with Crippen molar-refractivity contribution in [2.45, 2.75) is 62.7 Å². The Hall–Kier alpha value is -3.88. The summed E-state index contributed by atoms with van der Waals surface area (Å²) in [6.07, 6.45) is 8.58. The van der Waals surface area contributed by atoms with Crippen LogP contribution < -0.4 is 27.4 Å². The summed E-state index contributed by atoms with van der Waals surface area (Å²) in [5.74, 6) is -2.37. The molecular weight excluding hydrogens is 560 g/mol. The SMILES string of the molecule is CSCCC(NC(=O)C(CCCCN)NC(=O)C(Cc1cnc[nH]1)NC(=O)C(N)Cc1c[nH]c2ccccc12)C(=O)O. The van der Waals surface area contributed by atoms with Crippen LogP contribution in [0.5, 0.6) is 0 Å². The molecule has 0 bridgehead atoms. The van der Waals surface area contributed by atoms with E-state index in [-0.39, 0.29) is 25.7 Å². The molecule has 3 aromatic rings. The minimum Gasteiger partial charge on any atom is -0.480 e. The molecule has 0 aliphatic heterocycles. The van der Waals surface area contributed by atoms with E-state index in [1.807, 2.05) is 30.5 Å². The molecule has 0 saturated carbocycles. The fraction of sp³-hybridized carbons (Fsp3) is 0.464. The van der Waals surface area contributed by atoms with Gasteiger partial charge in [-0.15, -0.1) is 0 Å². The van der Waals surface area contributed by atoms with Crippen LogP contribution in [0.3, 0.4) is 0 Å². The van der Waals surface area contributed by atoms with Crippen LogP contribution in [0.15, 0.2) is 43.0 Å². The molecular formula is C28H40N8O5S. The predicted octanol–water partition coefficient (Wildman–Crippen LogP) is 0.425. The van der Waals surface area contributed by atoms with Gasteiger partial charge in [0.15, 0.2) is 0 Å². The second-order valence-corrected chi connectivity index (χ2v) is 11.0. The van der Waals surface area contributed by atoms with Crippen molar-refractivity contribution in [1.29, 1.82) is 0 Å². The molecule has 3 rings (SSSR count). The lowest BCUT2D eigenvalue weighted by molar-refractivity contribution is -0.142. The molecule has 3 amide bonds. The van der Waals surface area contributed by atoms with E-state index >= 15 is 0 Å². The Kier molecular flexibility index (Phi) is 12.8. The highest BCUT2D eigenvalue weighted by Gasteiger charge is 2.30. The van der Waals surface area contributed by atoms with Crippen LogP contribution in [0.4, 0.5) is 0 Å². The molecule has 0 fully saturated rings.